The number of aliphatic hydroxyl groups excluding tert-OH is 1. The maximum Gasteiger partial charge on any atom is 0.306 e. The summed E-state index contributed by atoms with van der Waals surface area (Å²) in [5.41, 5.74) is -4.20. The first-order valence-corrected chi connectivity index (χ1v) is 13.6. The number of hydrogen-bond acceptors (Lipinski definition) is 7. The lowest BCUT2D eigenvalue weighted by molar-refractivity contribution is -0.207. The van der Waals surface area contributed by atoms with Gasteiger partial charge in [0, 0.05) is 41.1 Å². The molecule has 0 radical (unpaired) electrons. The van der Waals surface area contributed by atoms with Crippen molar-refractivity contribution in [2.75, 3.05) is 6.61 Å². The summed E-state index contributed by atoms with van der Waals surface area (Å²) in [5.74, 6) is -5.58. The van der Waals surface area contributed by atoms with Gasteiger partial charge in [-0.1, -0.05) is 40.7 Å². The molecule has 0 unspecified atom stereocenters. The minimum atomic E-state index is -1.74. The van der Waals surface area contributed by atoms with Gasteiger partial charge in [0.2, 0.25) is 11.6 Å². The van der Waals surface area contributed by atoms with E-state index < -0.39 is 82.4 Å². The van der Waals surface area contributed by atoms with E-state index in [-0.39, 0.29) is 37.2 Å². The van der Waals surface area contributed by atoms with Crippen LogP contribution in [0.2, 0.25) is 0 Å². The Hall–Kier alpha value is -2.42. The number of fused-ring (bicyclic) bond motifs is 5. The number of Topliss-reactive ketones (excluding diaryl/α,β-unsaturated/α-hetero) is 1. The van der Waals surface area contributed by atoms with E-state index >= 15 is 4.39 Å². The lowest BCUT2D eigenvalue weighted by atomic mass is 9.45. The van der Waals surface area contributed by atoms with E-state index in [1.165, 1.54) is 6.08 Å². The van der Waals surface area contributed by atoms with Gasteiger partial charge in [0.05, 0.1) is 6.10 Å². The van der Waals surface area contributed by atoms with Gasteiger partial charge in [-0.15, -0.1) is 0 Å². The molecule has 9 atom stereocenters. The Kier molecular flexibility index (Phi) is 7.49. The fraction of sp³-hybridized carbons (Fsp3) is 0.724. The fourth-order valence-electron chi connectivity index (χ4n) is 8.41. The van der Waals surface area contributed by atoms with Crippen LogP contribution in [0.25, 0.3) is 0 Å². The van der Waals surface area contributed by atoms with Crippen LogP contribution in [0, 0.1) is 34.5 Å². The average molecular weight is 537 g/mol. The number of allylic oxidation sites excluding steroid dienone is 4. The van der Waals surface area contributed by atoms with Crippen molar-refractivity contribution in [3.05, 3.63) is 23.6 Å². The van der Waals surface area contributed by atoms with Gasteiger partial charge in [0.1, 0.15) is 6.17 Å². The molecular weight excluding hydrogens is 498 g/mol. The number of rotatable bonds is 7. The maximum atomic E-state index is 15.7. The molecule has 0 aliphatic heterocycles. The molecule has 0 bridgehead atoms. The number of alkyl halides is 1. The summed E-state index contributed by atoms with van der Waals surface area (Å²) in [4.78, 5) is 50.7. The largest absolute Gasteiger partial charge is 0.457 e. The number of carbonyl (C=O) groups is 4. The normalized spacial score (nSPS) is 41.7. The number of aliphatic hydroxyl groups is 1. The second kappa shape index (κ2) is 9.96. The SMILES string of the molecule is CCCC(=O)O[C@@]1(C(=O)COC(=O)CC)[C@H](C)C[C@H]2[C@@H]3C[C@H](F)C4=C(F)C(=O)C=C[C@]4(C)[C@H]3[C@@H](O)C[C@@]21C. The Morgan fingerprint density at radius 3 is 2.47 bits per heavy atom. The smallest absolute Gasteiger partial charge is 0.306 e. The monoisotopic (exact) mass is 536 g/mol. The first-order valence-electron chi connectivity index (χ1n) is 13.6. The lowest BCUT2D eigenvalue weighted by Gasteiger charge is -2.60. The van der Waals surface area contributed by atoms with Gasteiger partial charge in [-0.2, -0.15) is 0 Å². The first-order chi connectivity index (χ1) is 17.8. The molecule has 0 heterocycles. The fourth-order valence-corrected chi connectivity index (χ4v) is 8.41. The van der Waals surface area contributed by atoms with Crippen molar-refractivity contribution in [2.45, 2.75) is 91.0 Å². The molecule has 38 heavy (non-hydrogen) atoms. The first kappa shape index (κ1) is 28.6. The summed E-state index contributed by atoms with van der Waals surface area (Å²) in [5, 5.41) is 11.6. The molecule has 7 nitrogen and oxygen atoms in total. The van der Waals surface area contributed by atoms with Gasteiger partial charge in [0.15, 0.2) is 18.0 Å². The van der Waals surface area contributed by atoms with Gasteiger partial charge in [-0.25, -0.2) is 8.78 Å². The standard InChI is InChI=1S/C29H38F2O7/c1-6-8-23(36)38-29(21(34)14-37-22(35)7-2)15(3)11-17-16-12-18(30)25-26(31)19(32)9-10-27(25,4)24(16)20(33)13-28(17,29)5/h9-10,15-18,20,24,33H,6-8,11-14H2,1-5H3/t15-,16+,17+,18+,20+,24-,27-,28+,29-/m1/s1. The van der Waals surface area contributed by atoms with Crippen LogP contribution in [0.3, 0.4) is 0 Å². The topological polar surface area (TPSA) is 107 Å². The zero-order valence-electron chi connectivity index (χ0n) is 22.7. The Balaban J connectivity index is 1.80. The molecule has 210 valence electrons. The number of ether oxygens (including phenoxy) is 2. The van der Waals surface area contributed by atoms with Crippen LogP contribution >= 0.6 is 0 Å². The highest BCUT2D eigenvalue weighted by Crippen LogP contribution is 2.69. The molecule has 9 heteroatoms. The van der Waals surface area contributed by atoms with E-state index in [1.807, 2.05) is 6.92 Å². The third-order valence-electron chi connectivity index (χ3n) is 9.89. The van der Waals surface area contributed by atoms with Crippen LogP contribution in [0.1, 0.15) is 73.1 Å². The Morgan fingerprint density at radius 2 is 1.84 bits per heavy atom. The van der Waals surface area contributed by atoms with Crippen molar-refractivity contribution in [2.24, 2.45) is 34.5 Å². The van der Waals surface area contributed by atoms with Crippen LogP contribution in [0.5, 0.6) is 0 Å². The van der Waals surface area contributed by atoms with E-state index in [2.05, 4.69) is 0 Å². The van der Waals surface area contributed by atoms with E-state index in [0.717, 1.165) is 6.08 Å². The van der Waals surface area contributed by atoms with Crippen LogP contribution in [-0.2, 0) is 28.7 Å². The van der Waals surface area contributed by atoms with E-state index in [0.29, 0.717) is 12.8 Å². The number of ketones is 2. The van der Waals surface area contributed by atoms with Gasteiger partial charge >= 0.3 is 11.9 Å². The molecule has 4 aliphatic carbocycles. The third-order valence-corrected chi connectivity index (χ3v) is 9.89. The molecular formula is C29H38F2O7. The zero-order chi connectivity index (χ0) is 28.2. The molecule has 0 saturated heterocycles. The highest BCUT2D eigenvalue weighted by atomic mass is 19.1. The van der Waals surface area contributed by atoms with Crippen LogP contribution in [-0.4, -0.2) is 53.1 Å². The van der Waals surface area contributed by atoms with Crippen molar-refractivity contribution in [1.82, 2.24) is 0 Å². The van der Waals surface area contributed by atoms with Crippen molar-refractivity contribution in [1.29, 1.82) is 0 Å². The highest BCUT2D eigenvalue weighted by molar-refractivity contribution is 6.04. The van der Waals surface area contributed by atoms with E-state index in [9.17, 15) is 28.7 Å². The Bertz CT molecular complexity index is 1100. The van der Waals surface area contributed by atoms with Crippen LogP contribution in [0.4, 0.5) is 8.78 Å². The lowest BCUT2D eigenvalue weighted by Crippen LogP contribution is -2.65. The highest BCUT2D eigenvalue weighted by Gasteiger charge is 2.73. The summed E-state index contributed by atoms with van der Waals surface area (Å²) in [6.07, 6.45) is 0.771. The second-order valence-electron chi connectivity index (χ2n) is 11.9. The van der Waals surface area contributed by atoms with Crippen LogP contribution in [0.15, 0.2) is 23.6 Å². The zero-order valence-corrected chi connectivity index (χ0v) is 22.7. The molecule has 3 fully saturated rings. The third kappa shape index (κ3) is 3.98. The second-order valence-corrected chi connectivity index (χ2v) is 11.9. The van der Waals surface area contributed by atoms with Gasteiger partial charge in [0.25, 0.3) is 0 Å². The van der Waals surface area contributed by atoms with Crippen molar-refractivity contribution < 1.29 is 42.5 Å². The van der Waals surface area contributed by atoms with Crippen molar-refractivity contribution in [3.8, 4) is 0 Å². The summed E-state index contributed by atoms with van der Waals surface area (Å²) >= 11 is 0. The number of esters is 2. The van der Waals surface area contributed by atoms with Gasteiger partial charge in [-0.3, -0.25) is 19.2 Å². The average Bonchev–Trinajstić information content (AvgIpc) is 3.06. The van der Waals surface area contributed by atoms with Gasteiger partial charge in [-0.05, 0) is 43.6 Å². The molecule has 1 N–H and O–H groups in total. The number of carbonyl (C=O) groups excluding carboxylic acids is 4. The Labute approximate surface area is 222 Å². The van der Waals surface area contributed by atoms with Crippen molar-refractivity contribution >= 4 is 23.5 Å². The van der Waals surface area contributed by atoms with Crippen molar-refractivity contribution in [3.63, 3.8) is 0 Å². The molecule has 3 saturated carbocycles. The summed E-state index contributed by atoms with van der Waals surface area (Å²) in [6.45, 7) is 8.09. The van der Waals surface area contributed by atoms with E-state index in [4.69, 9.17) is 9.47 Å². The molecule has 0 aromatic carbocycles. The molecule has 0 spiro atoms. The molecule has 4 rings (SSSR count). The predicted octanol–water partition coefficient (Wildman–Crippen LogP) is 4.36. The molecule has 0 aromatic heterocycles. The summed E-state index contributed by atoms with van der Waals surface area (Å²) in [7, 11) is 0. The number of halogens is 2. The minimum absolute atomic E-state index is 0.0409. The van der Waals surface area contributed by atoms with Gasteiger partial charge < -0.3 is 14.6 Å². The predicted molar refractivity (Wildman–Crippen MR) is 133 cm³/mol. The minimum Gasteiger partial charge on any atom is -0.457 e. The maximum absolute atomic E-state index is 15.7. The molecule has 0 amide bonds. The quantitative estimate of drug-likeness (QED) is 0.482. The molecule has 0 aromatic rings. The summed E-state index contributed by atoms with van der Waals surface area (Å²) < 4.78 is 41.9. The van der Waals surface area contributed by atoms with Crippen LogP contribution < -0.4 is 0 Å². The van der Waals surface area contributed by atoms with E-state index in [1.54, 1.807) is 27.7 Å². The summed E-state index contributed by atoms with van der Waals surface area (Å²) in [6, 6.07) is 0. The number of hydrogen-bond donors (Lipinski definition) is 1. The Morgan fingerprint density at radius 1 is 1.16 bits per heavy atom. The molecule has 4 aliphatic rings.